The van der Waals surface area contributed by atoms with Gasteiger partial charge < -0.3 is 9.64 Å². The van der Waals surface area contributed by atoms with E-state index >= 15 is 0 Å². The van der Waals surface area contributed by atoms with E-state index in [1.807, 2.05) is 6.07 Å². The summed E-state index contributed by atoms with van der Waals surface area (Å²) in [5.41, 5.74) is 1.81. The Morgan fingerprint density at radius 3 is 2.92 bits per heavy atom. The molecule has 7 heteroatoms. The SMILES string of the molecule is COc1cc2nccc(N3CCC(CCNSN)CC3)c2cc1F. The molecule has 0 amide bonds. The average Bonchev–Trinajstić information content (AvgIpc) is 2.61. The van der Waals surface area contributed by atoms with Crippen molar-refractivity contribution in [3.05, 3.63) is 30.2 Å². The third-order valence-corrected chi connectivity index (χ3v) is 5.06. The Kier molecular flexibility index (Phi) is 5.76. The zero-order valence-corrected chi connectivity index (χ0v) is 14.6. The minimum Gasteiger partial charge on any atom is -0.494 e. The molecule has 0 aliphatic carbocycles. The van der Waals surface area contributed by atoms with Crippen molar-refractivity contribution in [3.8, 4) is 5.75 Å². The van der Waals surface area contributed by atoms with E-state index in [0.717, 1.165) is 55.5 Å². The summed E-state index contributed by atoms with van der Waals surface area (Å²) >= 11 is 1.18. The van der Waals surface area contributed by atoms with Crippen LogP contribution >= 0.6 is 12.1 Å². The number of hydrogen-bond donors (Lipinski definition) is 2. The fraction of sp³-hybridized carbons (Fsp3) is 0.471. The highest BCUT2D eigenvalue weighted by Gasteiger charge is 2.21. The number of nitrogens with one attached hydrogen (secondary N) is 1. The molecule has 1 aromatic carbocycles. The van der Waals surface area contributed by atoms with Crippen LogP contribution in [0.5, 0.6) is 5.75 Å². The van der Waals surface area contributed by atoms with Crippen LogP contribution in [0.3, 0.4) is 0 Å². The molecule has 0 spiro atoms. The Balaban J connectivity index is 1.75. The topological polar surface area (TPSA) is 63.4 Å². The summed E-state index contributed by atoms with van der Waals surface area (Å²) in [6.07, 6.45) is 5.20. The number of nitrogens with zero attached hydrogens (tertiary/aromatic N) is 2. The van der Waals surface area contributed by atoms with E-state index in [-0.39, 0.29) is 11.6 Å². The largest absolute Gasteiger partial charge is 0.494 e. The average molecular weight is 350 g/mol. The lowest BCUT2D eigenvalue weighted by atomic mass is 9.93. The van der Waals surface area contributed by atoms with Crippen LogP contribution < -0.4 is 19.5 Å². The molecule has 0 saturated carbocycles. The highest BCUT2D eigenvalue weighted by atomic mass is 32.2. The van der Waals surface area contributed by atoms with Gasteiger partial charge in [0.05, 0.1) is 12.6 Å². The number of piperidine rings is 1. The molecule has 1 aliphatic heterocycles. The second kappa shape index (κ2) is 8.00. The molecule has 2 aromatic rings. The van der Waals surface area contributed by atoms with E-state index in [1.165, 1.54) is 25.3 Å². The van der Waals surface area contributed by atoms with Crippen molar-refractivity contribution in [1.29, 1.82) is 0 Å². The van der Waals surface area contributed by atoms with Gasteiger partial charge in [-0.15, -0.1) is 0 Å². The molecule has 3 N–H and O–H groups in total. The summed E-state index contributed by atoms with van der Waals surface area (Å²) in [5.74, 6) is 0.599. The summed E-state index contributed by atoms with van der Waals surface area (Å²) in [5, 5.41) is 6.22. The number of nitrogens with two attached hydrogens (primary N) is 1. The molecule has 0 bridgehead atoms. The van der Waals surface area contributed by atoms with Gasteiger partial charge in [0.25, 0.3) is 0 Å². The number of anilines is 1. The highest BCUT2D eigenvalue weighted by Crippen LogP contribution is 2.33. The first-order valence-electron chi connectivity index (χ1n) is 8.18. The second-order valence-corrected chi connectivity index (χ2v) is 6.59. The second-order valence-electron chi connectivity index (χ2n) is 6.07. The van der Waals surface area contributed by atoms with Crippen LogP contribution in [0.25, 0.3) is 10.9 Å². The number of hydrogen-bond acceptors (Lipinski definition) is 6. The molecule has 1 fully saturated rings. The Morgan fingerprint density at radius 1 is 1.42 bits per heavy atom. The Labute approximate surface area is 146 Å². The van der Waals surface area contributed by atoms with Crippen LogP contribution in [0.1, 0.15) is 19.3 Å². The molecule has 1 aromatic heterocycles. The molecule has 0 atom stereocenters. The summed E-state index contributed by atoms with van der Waals surface area (Å²) < 4.78 is 22.3. The van der Waals surface area contributed by atoms with Gasteiger partial charge >= 0.3 is 0 Å². The molecule has 130 valence electrons. The van der Waals surface area contributed by atoms with E-state index in [2.05, 4.69) is 14.6 Å². The van der Waals surface area contributed by atoms with E-state index in [0.29, 0.717) is 5.92 Å². The fourth-order valence-electron chi connectivity index (χ4n) is 3.35. The van der Waals surface area contributed by atoms with Crippen molar-refractivity contribution in [1.82, 2.24) is 9.71 Å². The molecular formula is C17H23FN4OS. The zero-order chi connectivity index (χ0) is 16.9. The summed E-state index contributed by atoms with van der Waals surface area (Å²) in [6.45, 7) is 2.90. The highest BCUT2D eigenvalue weighted by molar-refractivity contribution is 7.95. The minimum atomic E-state index is -0.348. The number of pyridine rings is 1. The number of methoxy groups -OCH3 is 1. The molecule has 24 heavy (non-hydrogen) atoms. The number of benzene rings is 1. The molecule has 0 unspecified atom stereocenters. The standard InChI is InChI=1S/C17H23FN4OS/c1-23-17-11-15-13(10-14(17)18)16(3-6-20-15)22-8-4-12(5-9-22)2-7-21-24-19/h3,6,10-12,21H,2,4-5,7-9,19H2,1H3. The first-order chi connectivity index (χ1) is 11.7. The zero-order valence-electron chi connectivity index (χ0n) is 13.8. The number of aromatic nitrogens is 1. The lowest BCUT2D eigenvalue weighted by Gasteiger charge is -2.34. The molecular weight excluding hydrogens is 327 g/mol. The van der Waals surface area contributed by atoms with Gasteiger partial charge in [-0.3, -0.25) is 14.8 Å². The summed E-state index contributed by atoms with van der Waals surface area (Å²) in [4.78, 5) is 6.69. The van der Waals surface area contributed by atoms with Gasteiger partial charge in [-0.1, -0.05) is 0 Å². The first kappa shape index (κ1) is 17.3. The van der Waals surface area contributed by atoms with Crippen LogP contribution in [0.2, 0.25) is 0 Å². The molecule has 5 nitrogen and oxygen atoms in total. The molecule has 2 heterocycles. The smallest absolute Gasteiger partial charge is 0.165 e. The number of rotatable bonds is 6. The van der Waals surface area contributed by atoms with Crippen molar-refractivity contribution in [2.24, 2.45) is 11.1 Å². The lowest BCUT2D eigenvalue weighted by Crippen LogP contribution is -2.34. The van der Waals surface area contributed by atoms with Gasteiger partial charge in [-0.2, -0.15) is 0 Å². The number of ether oxygens (including phenoxy) is 1. The molecule has 0 radical (unpaired) electrons. The maximum absolute atomic E-state index is 14.1. The predicted molar refractivity (Wildman–Crippen MR) is 97.6 cm³/mol. The minimum absolute atomic E-state index is 0.233. The van der Waals surface area contributed by atoms with Crippen molar-refractivity contribution >= 4 is 28.7 Å². The maximum atomic E-state index is 14.1. The van der Waals surface area contributed by atoms with Gasteiger partial charge in [0, 0.05) is 55.1 Å². The van der Waals surface area contributed by atoms with Crippen LogP contribution in [0, 0.1) is 11.7 Å². The lowest BCUT2D eigenvalue weighted by molar-refractivity contribution is 0.383. The molecule has 3 rings (SSSR count). The van der Waals surface area contributed by atoms with Crippen LogP contribution in [-0.2, 0) is 0 Å². The Hall–Kier alpha value is -1.57. The monoisotopic (exact) mass is 350 g/mol. The van der Waals surface area contributed by atoms with Crippen molar-refractivity contribution < 1.29 is 9.13 Å². The van der Waals surface area contributed by atoms with Crippen molar-refractivity contribution in [2.45, 2.75) is 19.3 Å². The van der Waals surface area contributed by atoms with Crippen LogP contribution in [0.4, 0.5) is 10.1 Å². The van der Waals surface area contributed by atoms with E-state index in [4.69, 9.17) is 9.88 Å². The van der Waals surface area contributed by atoms with E-state index < -0.39 is 0 Å². The Morgan fingerprint density at radius 2 is 2.21 bits per heavy atom. The van der Waals surface area contributed by atoms with Crippen LogP contribution in [-0.4, -0.2) is 31.7 Å². The van der Waals surface area contributed by atoms with Gasteiger partial charge in [-0.05, 0) is 37.3 Å². The summed E-state index contributed by atoms with van der Waals surface area (Å²) in [6, 6.07) is 5.17. The van der Waals surface area contributed by atoms with E-state index in [9.17, 15) is 4.39 Å². The van der Waals surface area contributed by atoms with Gasteiger partial charge in [0.1, 0.15) is 0 Å². The number of fused-ring (bicyclic) bond motifs is 1. The quantitative estimate of drug-likeness (QED) is 0.617. The van der Waals surface area contributed by atoms with Gasteiger partial charge in [0.2, 0.25) is 0 Å². The third kappa shape index (κ3) is 3.74. The van der Waals surface area contributed by atoms with Crippen molar-refractivity contribution in [3.63, 3.8) is 0 Å². The first-order valence-corrected chi connectivity index (χ1v) is 9.06. The normalized spacial score (nSPS) is 15.9. The summed E-state index contributed by atoms with van der Waals surface area (Å²) in [7, 11) is 1.47. The fourth-order valence-corrected chi connectivity index (χ4v) is 3.58. The van der Waals surface area contributed by atoms with Gasteiger partial charge in [-0.25, -0.2) is 4.39 Å². The molecule has 1 aliphatic rings. The number of halogens is 1. The van der Waals surface area contributed by atoms with Gasteiger partial charge in [0.15, 0.2) is 11.6 Å². The predicted octanol–water partition coefficient (Wildman–Crippen LogP) is 3.10. The Bertz CT molecular complexity index is 692. The third-order valence-electron chi connectivity index (χ3n) is 4.69. The van der Waals surface area contributed by atoms with Crippen molar-refractivity contribution in [2.75, 3.05) is 31.6 Å². The molecule has 1 saturated heterocycles. The van der Waals surface area contributed by atoms with E-state index in [1.54, 1.807) is 12.3 Å². The van der Waals surface area contributed by atoms with Crippen LogP contribution in [0.15, 0.2) is 24.4 Å². The maximum Gasteiger partial charge on any atom is 0.165 e.